The summed E-state index contributed by atoms with van der Waals surface area (Å²) >= 11 is 3.14. The molecule has 0 aliphatic heterocycles. The van der Waals surface area contributed by atoms with E-state index in [0.717, 1.165) is 5.69 Å². The number of rotatable bonds is 7. The lowest BCUT2D eigenvalue weighted by atomic mass is 10.2. The Morgan fingerprint density at radius 2 is 1.84 bits per heavy atom. The molecule has 3 rings (SSSR count). The topological polar surface area (TPSA) is 163 Å². The molecule has 14 heteroatoms. The van der Waals surface area contributed by atoms with E-state index in [-0.39, 0.29) is 20.4 Å². The average Bonchev–Trinajstić information content (AvgIpc) is 3.20. The maximum Gasteiger partial charge on any atom is 0.374 e. The predicted molar refractivity (Wildman–Crippen MR) is 116 cm³/mol. The molecule has 3 aromatic rings. The van der Waals surface area contributed by atoms with E-state index >= 15 is 0 Å². The quantitative estimate of drug-likeness (QED) is 0.440. The van der Waals surface area contributed by atoms with Crippen LogP contribution < -0.4 is 13.9 Å². The van der Waals surface area contributed by atoms with Gasteiger partial charge in [-0.2, -0.15) is 22.1 Å². The third-order valence-corrected chi connectivity index (χ3v) is 7.14. The number of halogens is 1. The molecule has 31 heavy (non-hydrogen) atoms. The van der Waals surface area contributed by atoms with Crippen LogP contribution in [0.1, 0.15) is 11.1 Å². The molecular formula is C17H15BrN6O5S2. The number of aromatic nitrogens is 2. The Morgan fingerprint density at radius 1 is 1.16 bits per heavy atom. The highest BCUT2D eigenvalue weighted by molar-refractivity contribution is 9.10. The Hall–Kier alpha value is -2.96. The molecule has 0 amide bonds. The Kier molecular flexibility index (Phi) is 6.34. The summed E-state index contributed by atoms with van der Waals surface area (Å²) in [6, 6.07) is 13.0. The first-order valence-corrected chi connectivity index (χ1v) is 12.0. The molecule has 11 nitrogen and oxygen atoms in total. The minimum absolute atomic E-state index is 0.0714. The van der Waals surface area contributed by atoms with Crippen molar-refractivity contribution in [3.8, 4) is 6.07 Å². The van der Waals surface area contributed by atoms with E-state index < -0.39 is 20.5 Å². The second-order valence-electron chi connectivity index (χ2n) is 6.16. The summed E-state index contributed by atoms with van der Waals surface area (Å²) in [5, 5.41) is 15.8. The van der Waals surface area contributed by atoms with Gasteiger partial charge in [0.25, 0.3) is 0 Å². The number of hydrogen-bond donors (Lipinski definition) is 2. The summed E-state index contributed by atoms with van der Waals surface area (Å²) < 4.78 is 57.3. The molecule has 0 saturated heterocycles. The van der Waals surface area contributed by atoms with E-state index in [0.29, 0.717) is 11.1 Å². The molecule has 0 bridgehead atoms. The lowest BCUT2D eigenvalue weighted by Crippen LogP contribution is -2.41. The van der Waals surface area contributed by atoms with Crippen LogP contribution in [0.25, 0.3) is 0 Å². The van der Waals surface area contributed by atoms with Gasteiger partial charge in [0.2, 0.25) is 0 Å². The van der Waals surface area contributed by atoms with Gasteiger partial charge in [-0.05, 0) is 57.9 Å². The van der Waals surface area contributed by atoms with Gasteiger partial charge in [0.1, 0.15) is 6.33 Å². The molecular weight excluding hydrogens is 512 g/mol. The van der Waals surface area contributed by atoms with E-state index in [1.54, 1.807) is 47.7 Å². The van der Waals surface area contributed by atoms with Gasteiger partial charge < -0.3 is 0 Å². The molecule has 0 fully saturated rings. The number of anilines is 2. The number of benzene rings is 2. The Bertz CT molecular complexity index is 1300. The van der Waals surface area contributed by atoms with Crippen LogP contribution in [-0.2, 0) is 27.1 Å². The van der Waals surface area contributed by atoms with Crippen molar-refractivity contribution in [1.29, 1.82) is 5.26 Å². The Balaban J connectivity index is 2.00. The van der Waals surface area contributed by atoms with Gasteiger partial charge in [0.05, 0.1) is 29.6 Å². The van der Waals surface area contributed by atoms with Gasteiger partial charge in [-0.3, -0.25) is 9.56 Å². The Labute approximate surface area is 187 Å². The van der Waals surface area contributed by atoms with Crippen LogP contribution in [0.5, 0.6) is 0 Å². The maximum absolute atomic E-state index is 11.7. The van der Waals surface area contributed by atoms with Crippen molar-refractivity contribution in [2.45, 2.75) is 6.54 Å². The van der Waals surface area contributed by atoms with E-state index in [1.165, 1.54) is 18.2 Å². The predicted octanol–water partition coefficient (Wildman–Crippen LogP) is 1.80. The summed E-state index contributed by atoms with van der Waals surface area (Å²) in [4.78, 5) is 4.03. The van der Waals surface area contributed by atoms with Crippen molar-refractivity contribution in [2.75, 3.05) is 8.72 Å². The van der Waals surface area contributed by atoms with Crippen LogP contribution in [0.15, 0.2) is 65.7 Å². The number of nitriles is 1. The summed E-state index contributed by atoms with van der Waals surface area (Å²) in [5.41, 5.74) is 1.51. The third-order valence-electron chi connectivity index (χ3n) is 4.05. The second kappa shape index (κ2) is 8.65. The molecule has 162 valence electrons. The first kappa shape index (κ1) is 22.7. The largest absolute Gasteiger partial charge is 0.374 e. The summed E-state index contributed by atoms with van der Waals surface area (Å²) in [6.45, 7) is 0.266. The van der Waals surface area contributed by atoms with Gasteiger partial charge in [-0.1, -0.05) is 6.07 Å². The lowest BCUT2D eigenvalue weighted by molar-refractivity contribution is 0.483. The van der Waals surface area contributed by atoms with E-state index in [4.69, 9.17) is 10.4 Å². The molecule has 3 N–H and O–H groups in total. The molecule has 0 saturated carbocycles. The summed E-state index contributed by atoms with van der Waals surface area (Å²) in [5.74, 6) is 0. The first-order chi connectivity index (χ1) is 14.5. The fourth-order valence-corrected chi connectivity index (χ4v) is 5.50. The number of nitrogens with two attached hydrogens (primary N) is 1. The number of hydrogen-bond acceptors (Lipinski definition) is 7. The molecule has 0 aliphatic carbocycles. The Morgan fingerprint density at radius 3 is 2.32 bits per heavy atom. The van der Waals surface area contributed by atoms with Crippen molar-refractivity contribution in [2.24, 2.45) is 5.14 Å². The zero-order valence-electron chi connectivity index (χ0n) is 15.6. The molecule has 1 heterocycles. The highest BCUT2D eigenvalue weighted by atomic mass is 79.9. The zero-order valence-corrected chi connectivity index (χ0v) is 18.8. The van der Waals surface area contributed by atoms with Crippen LogP contribution in [0, 0.1) is 11.3 Å². The standard InChI is InChI=1S/C17H15BrN6O5S2/c18-16-9-14(3-6-17(16)24(30(20,25)26)31(27,28)29)11-23(22-8-7-21-12-22)15-4-1-13(10-19)2-5-15/h1-9,12H,11H2,(H2,20,25,26)(H,27,28,29). The molecule has 0 radical (unpaired) electrons. The minimum Gasteiger partial charge on any atom is -0.276 e. The number of imidazole rings is 1. The first-order valence-electron chi connectivity index (χ1n) is 8.36. The fraction of sp³-hybridized carbons (Fsp3) is 0.0588. The fourth-order valence-electron chi connectivity index (χ4n) is 2.77. The molecule has 0 spiro atoms. The highest BCUT2D eigenvalue weighted by Crippen LogP contribution is 2.31. The summed E-state index contributed by atoms with van der Waals surface area (Å²) in [7, 11) is -9.98. The molecule has 1 aromatic heterocycles. The van der Waals surface area contributed by atoms with Crippen LogP contribution in [0.2, 0.25) is 0 Å². The van der Waals surface area contributed by atoms with Gasteiger partial charge in [-0.15, -0.1) is 3.71 Å². The van der Waals surface area contributed by atoms with Crippen molar-refractivity contribution >= 4 is 47.8 Å². The maximum atomic E-state index is 11.7. The van der Waals surface area contributed by atoms with Crippen LogP contribution >= 0.6 is 15.9 Å². The van der Waals surface area contributed by atoms with Crippen molar-refractivity contribution in [3.63, 3.8) is 0 Å². The molecule has 0 aliphatic rings. The normalized spacial score (nSPS) is 11.7. The SMILES string of the molecule is N#Cc1ccc(N(Cc2ccc(N(S(N)(=O)=O)S(=O)(=O)O)c(Br)c2)n2ccnc2)cc1. The van der Waals surface area contributed by atoms with Gasteiger partial charge in [-0.25, -0.2) is 14.8 Å². The van der Waals surface area contributed by atoms with Crippen LogP contribution in [-0.4, -0.2) is 31.0 Å². The smallest absolute Gasteiger partial charge is 0.276 e. The summed E-state index contributed by atoms with van der Waals surface area (Å²) in [6.07, 6.45) is 4.87. The van der Waals surface area contributed by atoms with E-state index in [2.05, 4.69) is 20.9 Å². The van der Waals surface area contributed by atoms with Gasteiger partial charge in [0.15, 0.2) is 0 Å². The highest BCUT2D eigenvalue weighted by Gasteiger charge is 2.31. The van der Waals surface area contributed by atoms with Gasteiger partial charge >= 0.3 is 20.5 Å². The minimum atomic E-state index is -5.18. The van der Waals surface area contributed by atoms with Crippen molar-refractivity contribution < 1.29 is 21.4 Å². The van der Waals surface area contributed by atoms with Crippen molar-refractivity contribution in [1.82, 2.24) is 9.66 Å². The zero-order chi connectivity index (χ0) is 22.8. The molecule has 0 unspecified atom stereocenters. The second-order valence-corrected chi connectivity index (χ2v) is 9.91. The lowest BCUT2D eigenvalue weighted by Gasteiger charge is -2.26. The molecule has 2 aromatic carbocycles. The number of nitrogens with zero attached hydrogens (tertiary/aromatic N) is 5. The van der Waals surface area contributed by atoms with E-state index in [9.17, 15) is 21.4 Å². The van der Waals surface area contributed by atoms with Crippen LogP contribution in [0.4, 0.5) is 11.4 Å². The van der Waals surface area contributed by atoms with Crippen LogP contribution in [0.3, 0.4) is 0 Å². The van der Waals surface area contributed by atoms with E-state index in [1.807, 2.05) is 11.1 Å². The third kappa shape index (κ3) is 5.21. The monoisotopic (exact) mass is 526 g/mol. The molecule has 0 atom stereocenters. The average molecular weight is 527 g/mol. The van der Waals surface area contributed by atoms with Gasteiger partial charge in [0, 0.05) is 16.9 Å². The van der Waals surface area contributed by atoms with Crippen molar-refractivity contribution in [3.05, 3.63) is 76.8 Å².